The van der Waals surface area contributed by atoms with E-state index in [0.29, 0.717) is 24.9 Å². The van der Waals surface area contributed by atoms with Crippen molar-refractivity contribution in [1.29, 1.82) is 0 Å². The normalized spacial score (nSPS) is 17.5. The summed E-state index contributed by atoms with van der Waals surface area (Å²) >= 11 is 0. The number of benzene rings is 2. The number of nitrogens with one attached hydrogen (secondary N) is 2. The molecule has 1 aliphatic heterocycles. The lowest BCUT2D eigenvalue weighted by Crippen LogP contribution is -2.45. The molecule has 0 bridgehead atoms. The molecule has 2 aromatic carbocycles. The van der Waals surface area contributed by atoms with Crippen molar-refractivity contribution in [2.24, 2.45) is 0 Å². The van der Waals surface area contributed by atoms with Crippen LogP contribution in [0.5, 0.6) is 0 Å². The Labute approximate surface area is 190 Å². The van der Waals surface area contributed by atoms with Gasteiger partial charge < -0.3 is 5.32 Å². The number of carbonyl (C=O) groups is 1. The molecule has 1 saturated heterocycles. The smallest absolute Gasteiger partial charge is 0.243 e. The lowest BCUT2D eigenvalue weighted by atomic mass is 10.1. The van der Waals surface area contributed by atoms with Crippen LogP contribution in [0.25, 0.3) is 0 Å². The van der Waals surface area contributed by atoms with Gasteiger partial charge in [-0.05, 0) is 49.9 Å². The number of amides is 1. The molecule has 1 heterocycles. The molecule has 2 aromatic rings. The maximum atomic E-state index is 12.9. The monoisotopic (exact) mass is 479 g/mol. The number of rotatable bonds is 9. The summed E-state index contributed by atoms with van der Waals surface area (Å²) in [7, 11) is -7.15. The fourth-order valence-corrected chi connectivity index (χ4v) is 6.81. The van der Waals surface area contributed by atoms with Gasteiger partial charge in [0.05, 0.1) is 10.6 Å². The van der Waals surface area contributed by atoms with Crippen molar-refractivity contribution < 1.29 is 21.6 Å². The van der Waals surface area contributed by atoms with Crippen molar-refractivity contribution in [2.75, 3.05) is 6.54 Å². The van der Waals surface area contributed by atoms with E-state index < -0.39 is 26.1 Å². The Hall–Kier alpha value is -2.27. The molecule has 32 heavy (non-hydrogen) atoms. The molecule has 2 N–H and O–H groups in total. The van der Waals surface area contributed by atoms with Gasteiger partial charge in [-0.3, -0.25) is 4.79 Å². The van der Waals surface area contributed by atoms with Crippen molar-refractivity contribution in [3.05, 3.63) is 65.7 Å². The van der Waals surface area contributed by atoms with Gasteiger partial charge >= 0.3 is 0 Å². The standard InChI is InChI=1S/C22H29N3O5S2/c1-17(2)24-31(27,28)16-19-12-10-18(11-13-19)15-23-22(26)21-9-6-14-25(21)32(29,30)20-7-4-3-5-8-20/h3-5,7-8,10-13,17,21,24H,6,9,14-16H2,1-2H3,(H,23,26). The molecule has 174 valence electrons. The molecule has 0 saturated carbocycles. The van der Waals surface area contributed by atoms with E-state index in [1.807, 2.05) is 0 Å². The van der Waals surface area contributed by atoms with Crippen LogP contribution in [0.2, 0.25) is 0 Å². The largest absolute Gasteiger partial charge is 0.351 e. The second-order valence-electron chi connectivity index (χ2n) is 8.15. The van der Waals surface area contributed by atoms with E-state index >= 15 is 0 Å². The molecule has 0 aliphatic carbocycles. The van der Waals surface area contributed by atoms with Crippen molar-refractivity contribution >= 4 is 26.0 Å². The summed E-state index contributed by atoms with van der Waals surface area (Å²) in [6.07, 6.45) is 1.09. The SMILES string of the molecule is CC(C)NS(=O)(=O)Cc1ccc(CNC(=O)C2CCCN2S(=O)(=O)c2ccccc2)cc1. The van der Waals surface area contributed by atoms with Gasteiger partial charge in [0.15, 0.2) is 0 Å². The van der Waals surface area contributed by atoms with Crippen LogP contribution in [-0.4, -0.2) is 45.7 Å². The summed E-state index contributed by atoms with van der Waals surface area (Å²) in [4.78, 5) is 12.9. The van der Waals surface area contributed by atoms with Crippen molar-refractivity contribution in [1.82, 2.24) is 14.3 Å². The Bertz CT molecular complexity index is 1130. The third kappa shape index (κ3) is 6.16. The first-order valence-corrected chi connectivity index (χ1v) is 13.6. The second-order valence-corrected chi connectivity index (χ2v) is 11.8. The Morgan fingerprint density at radius 1 is 1.00 bits per heavy atom. The van der Waals surface area contributed by atoms with Gasteiger partial charge in [0.25, 0.3) is 0 Å². The molecule has 0 spiro atoms. The van der Waals surface area contributed by atoms with Crippen molar-refractivity contribution in [3.63, 3.8) is 0 Å². The molecule has 0 aromatic heterocycles. The van der Waals surface area contributed by atoms with Gasteiger partial charge in [-0.2, -0.15) is 4.31 Å². The first kappa shape index (κ1) is 24.4. The van der Waals surface area contributed by atoms with E-state index in [-0.39, 0.29) is 29.1 Å². The molecule has 1 aliphatic rings. The highest BCUT2D eigenvalue weighted by Gasteiger charge is 2.39. The first-order valence-electron chi connectivity index (χ1n) is 10.5. The van der Waals surface area contributed by atoms with Crippen LogP contribution in [0.15, 0.2) is 59.5 Å². The zero-order valence-corrected chi connectivity index (χ0v) is 19.8. The highest BCUT2D eigenvalue weighted by atomic mass is 32.2. The van der Waals surface area contributed by atoms with Gasteiger partial charge in [0, 0.05) is 19.1 Å². The molecule has 3 rings (SSSR count). The fourth-order valence-electron chi connectivity index (χ4n) is 3.70. The van der Waals surface area contributed by atoms with Crippen molar-refractivity contribution in [2.45, 2.75) is 56.0 Å². The van der Waals surface area contributed by atoms with Crippen LogP contribution >= 0.6 is 0 Å². The zero-order valence-electron chi connectivity index (χ0n) is 18.2. The van der Waals surface area contributed by atoms with Gasteiger partial charge in [-0.15, -0.1) is 0 Å². The first-order chi connectivity index (χ1) is 15.1. The lowest BCUT2D eigenvalue weighted by molar-refractivity contribution is -0.124. The minimum atomic E-state index is -3.74. The zero-order chi connectivity index (χ0) is 23.4. The molecule has 1 fully saturated rings. The molecular formula is C22H29N3O5S2. The van der Waals surface area contributed by atoms with Crippen LogP contribution in [-0.2, 0) is 37.1 Å². The summed E-state index contributed by atoms with van der Waals surface area (Å²) in [6.45, 7) is 4.06. The topological polar surface area (TPSA) is 113 Å². The number of sulfonamides is 2. The van der Waals surface area contributed by atoms with Gasteiger partial charge in [0.1, 0.15) is 6.04 Å². The number of hydrogen-bond acceptors (Lipinski definition) is 5. The van der Waals surface area contributed by atoms with E-state index in [0.717, 1.165) is 5.56 Å². The van der Waals surface area contributed by atoms with E-state index in [1.165, 1.54) is 16.4 Å². The van der Waals surface area contributed by atoms with Gasteiger partial charge in [-0.1, -0.05) is 42.5 Å². The highest BCUT2D eigenvalue weighted by molar-refractivity contribution is 7.89. The van der Waals surface area contributed by atoms with Gasteiger partial charge in [-0.25, -0.2) is 21.6 Å². The number of nitrogens with zero attached hydrogens (tertiary/aromatic N) is 1. The lowest BCUT2D eigenvalue weighted by Gasteiger charge is -2.23. The van der Waals surface area contributed by atoms with Crippen LogP contribution < -0.4 is 10.0 Å². The molecule has 1 unspecified atom stereocenters. The van der Waals surface area contributed by atoms with Crippen LogP contribution in [0.4, 0.5) is 0 Å². The summed E-state index contributed by atoms with van der Waals surface area (Å²) < 4.78 is 53.8. The predicted molar refractivity (Wildman–Crippen MR) is 123 cm³/mol. The van der Waals surface area contributed by atoms with Crippen LogP contribution in [0.3, 0.4) is 0 Å². The average molecular weight is 480 g/mol. The number of carbonyl (C=O) groups excluding carboxylic acids is 1. The minimum absolute atomic E-state index is 0.119. The molecule has 0 radical (unpaired) electrons. The summed E-state index contributed by atoms with van der Waals surface area (Å²) in [5, 5.41) is 2.81. The van der Waals surface area contributed by atoms with Gasteiger partial charge in [0.2, 0.25) is 26.0 Å². The van der Waals surface area contributed by atoms with E-state index in [2.05, 4.69) is 10.0 Å². The quantitative estimate of drug-likeness (QED) is 0.571. The fraction of sp³-hybridized carbons (Fsp3) is 0.409. The Balaban J connectivity index is 1.60. The van der Waals surface area contributed by atoms with Crippen molar-refractivity contribution in [3.8, 4) is 0 Å². The van der Waals surface area contributed by atoms with E-state index in [9.17, 15) is 21.6 Å². The third-order valence-electron chi connectivity index (χ3n) is 5.12. The second kappa shape index (κ2) is 10.1. The number of hydrogen-bond donors (Lipinski definition) is 2. The molecular weight excluding hydrogens is 450 g/mol. The minimum Gasteiger partial charge on any atom is -0.351 e. The predicted octanol–water partition coefficient (Wildman–Crippen LogP) is 1.98. The van der Waals surface area contributed by atoms with Crippen LogP contribution in [0, 0.1) is 0 Å². The summed E-state index contributed by atoms with van der Waals surface area (Å²) in [5.74, 6) is -0.457. The Morgan fingerprint density at radius 2 is 1.62 bits per heavy atom. The maximum Gasteiger partial charge on any atom is 0.243 e. The molecule has 1 atom stereocenters. The summed E-state index contributed by atoms with van der Waals surface area (Å²) in [5.41, 5.74) is 1.44. The highest BCUT2D eigenvalue weighted by Crippen LogP contribution is 2.26. The molecule has 8 nitrogen and oxygen atoms in total. The summed E-state index contributed by atoms with van der Waals surface area (Å²) in [6, 6.07) is 14.1. The maximum absolute atomic E-state index is 12.9. The van der Waals surface area contributed by atoms with E-state index in [1.54, 1.807) is 56.3 Å². The Kier molecular flexibility index (Phi) is 7.71. The average Bonchev–Trinajstić information content (AvgIpc) is 3.23. The van der Waals surface area contributed by atoms with Crippen LogP contribution in [0.1, 0.15) is 37.8 Å². The molecule has 10 heteroatoms. The third-order valence-corrected chi connectivity index (χ3v) is 8.58. The Morgan fingerprint density at radius 3 is 2.25 bits per heavy atom. The van der Waals surface area contributed by atoms with E-state index in [4.69, 9.17) is 0 Å². The molecule has 1 amide bonds.